The molecule has 13 heavy (non-hydrogen) atoms. The Labute approximate surface area is 81.8 Å². The summed E-state index contributed by atoms with van der Waals surface area (Å²) >= 11 is 1.57. The Hall–Kier alpha value is -0.680. The Morgan fingerprint density at radius 2 is 2.54 bits per heavy atom. The van der Waals surface area contributed by atoms with Crippen LogP contribution < -0.4 is 10.6 Å². The second kappa shape index (κ2) is 3.59. The molecule has 0 radical (unpaired) electrons. The van der Waals surface area contributed by atoms with Gasteiger partial charge in [-0.25, -0.2) is 0 Å². The minimum absolute atomic E-state index is 0.452. The third kappa shape index (κ3) is 1.81. The van der Waals surface area contributed by atoms with Crippen molar-refractivity contribution in [1.82, 2.24) is 10.2 Å². The molecule has 4 nitrogen and oxygen atoms in total. The molecule has 1 atom stereocenters. The Balaban J connectivity index is 2.05. The fraction of sp³-hybridized carbons (Fsp3) is 0.750. The van der Waals surface area contributed by atoms with Crippen molar-refractivity contribution in [2.75, 3.05) is 18.5 Å². The van der Waals surface area contributed by atoms with Gasteiger partial charge in [0.25, 0.3) is 0 Å². The number of hydrogen-bond donors (Lipinski definition) is 1. The second-order valence-electron chi connectivity index (χ2n) is 3.47. The number of likely N-dealkylation sites (N-methyl/N-ethyl adjacent to an activating group) is 1. The van der Waals surface area contributed by atoms with Crippen LogP contribution in [-0.4, -0.2) is 29.8 Å². The van der Waals surface area contributed by atoms with E-state index >= 15 is 0 Å². The number of nitrogens with zero attached hydrogens (tertiary/aromatic N) is 3. The lowest BCUT2D eigenvalue weighted by Gasteiger charge is -2.25. The van der Waals surface area contributed by atoms with Crippen LogP contribution in [0.15, 0.2) is 5.51 Å². The molecule has 1 saturated carbocycles. The van der Waals surface area contributed by atoms with Gasteiger partial charge in [-0.1, -0.05) is 11.3 Å². The van der Waals surface area contributed by atoms with E-state index in [1.165, 1.54) is 12.8 Å². The van der Waals surface area contributed by atoms with Crippen molar-refractivity contribution in [2.45, 2.75) is 18.9 Å². The van der Waals surface area contributed by atoms with Gasteiger partial charge < -0.3 is 10.6 Å². The Morgan fingerprint density at radius 1 is 1.77 bits per heavy atom. The van der Waals surface area contributed by atoms with Crippen molar-refractivity contribution >= 4 is 16.5 Å². The first-order valence-electron chi connectivity index (χ1n) is 4.52. The molecule has 0 bridgehead atoms. The van der Waals surface area contributed by atoms with E-state index < -0.39 is 0 Å². The molecule has 1 aliphatic carbocycles. The van der Waals surface area contributed by atoms with Gasteiger partial charge in [0, 0.05) is 19.6 Å². The maximum Gasteiger partial charge on any atom is 0.208 e. The lowest BCUT2D eigenvalue weighted by atomic mass is 10.2. The summed E-state index contributed by atoms with van der Waals surface area (Å²) in [4.78, 5) is 2.16. The van der Waals surface area contributed by atoms with Gasteiger partial charge in [-0.2, -0.15) is 0 Å². The third-order valence-corrected chi connectivity index (χ3v) is 3.34. The summed E-state index contributed by atoms with van der Waals surface area (Å²) in [6, 6.07) is 0.452. The van der Waals surface area contributed by atoms with E-state index in [2.05, 4.69) is 22.1 Å². The van der Waals surface area contributed by atoms with Gasteiger partial charge in [-0.05, 0) is 18.8 Å². The minimum Gasteiger partial charge on any atom is -0.345 e. The predicted octanol–water partition coefficient (Wildman–Crippen LogP) is 0.712. The summed E-state index contributed by atoms with van der Waals surface area (Å²) in [6.07, 6.45) is 2.62. The van der Waals surface area contributed by atoms with Crippen LogP contribution in [0.1, 0.15) is 12.8 Å². The van der Waals surface area contributed by atoms with Gasteiger partial charge in [0.15, 0.2) is 0 Å². The predicted molar refractivity (Wildman–Crippen MR) is 53.9 cm³/mol. The van der Waals surface area contributed by atoms with E-state index in [0.717, 1.165) is 11.0 Å². The van der Waals surface area contributed by atoms with Crippen LogP contribution in [0.25, 0.3) is 0 Å². The van der Waals surface area contributed by atoms with E-state index in [4.69, 9.17) is 5.73 Å². The summed E-state index contributed by atoms with van der Waals surface area (Å²) in [7, 11) is 2.05. The summed E-state index contributed by atoms with van der Waals surface area (Å²) in [5.41, 5.74) is 7.49. The molecule has 72 valence electrons. The highest BCUT2D eigenvalue weighted by Gasteiger charge is 2.33. The van der Waals surface area contributed by atoms with Crippen molar-refractivity contribution in [3.63, 3.8) is 0 Å². The average Bonchev–Trinajstić information content (AvgIpc) is 2.83. The zero-order valence-electron chi connectivity index (χ0n) is 7.68. The molecule has 0 aromatic carbocycles. The van der Waals surface area contributed by atoms with Gasteiger partial charge in [0.1, 0.15) is 5.51 Å². The van der Waals surface area contributed by atoms with E-state index in [-0.39, 0.29) is 0 Å². The standard InChI is InChI=1S/C8H14N4S/c1-12(8-11-10-5-13-8)7(4-9)6-2-3-6/h5-7H,2-4,9H2,1H3. The topological polar surface area (TPSA) is 55.0 Å². The van der Waals surface area contributed by atoms with Gasteiger partial charge in [0.05, 0.1) is 0 Å². The molecule has 1 aromatic rings. The average molecular weight is 198 g/mol. The highest BCUT2D eigenvalue weighted by molar-refractivity contribution is 7.13. The van der Waals surface area contributed by atoms with E-state index in [9.17, 15) is 0 Å². The van der Waals surface area contributed by atoms with Crippen LogP contribution in [0.4, 0.5) is 5.13 Å². The first kappa shape index (κ1) is 8.90. The SMILES string of the molecule is CN(c1nncs1)C(CN)C1CC1. The van der Waals surface area contributed by atoms with Crippen molar-refractivity contribution < 1.29 is 0 Å². The van der Waals surface area contributed by atoms with Crippen molar-refractivity contribution in [3.8, 4) is 0 Å². The summed E-state index contributed by atoms with van der Waals surface area (Å²) in [5.74, 6) is 0.777. The highest BCUT2D eigenvalue weighted by Crippen LogP contribution is 2.36. The van der Waals surface area contributed by atoms with Crippen molar-refractivity contribution in [1.29, 1.82) is 0 Å². The number of anilines is 1. The quantitative estimate of drug-likeness (QED) is 0.774. The van der Waals surface area contributed by atoms with Crippen LogP contribution in [-0.2, 0) is 0 Å². The van der Waals surface area contributed by atoms with Crippen molar-refractivity contribution in [3.05, 3.63) is 5.51 Å². The Kier molecular flexibility index (Phi) is 2.46. The third-order valence-electron chi connectivity index (χ3n) is 2.56. The fourth-order valence-corrected chi connectivity index (χ4v) is 2.20. The summed E-state index contributed by atoms with van der Waals surface area (Å²) in [6.45, 7) is 0.709. The normalized spacial score (nSPS) is 18.6. The van der Waals surface area contributed by atoms with Crippen molar-refractivity contribution in [2.24, 2.45) is 11.7 Å². The minimum atomic E-state index is 0.452. The smallest absolute Gasteiger partial charge is 0.208 e. The molecular weight excluding hydrogens is 184 g/mol. The Bertz CT molecular complexity index is 257. The largest absolute Gasteiger partial charge is 0.345 e. The molecule has 5 heteroatoms. The van der Waals surface area contributed by atoms with Gasteiger partial charge in [0.2, 0.25) is 5.13 Å². The van der Waals surface area contributed by atoms with Crippen LogP contribution in [0.2, 0.25) is 0 Å². The first-order chi connectivity index (χ1) is 6.33. The zero-order valence-corrected chi connectivity index (χ0v) is 8.50. The van der Waals surface area contributed by atoms with E-state index in [0.29, 0.717) is 12.6 Å². The molecule has 1 aliphatic rings. The number of aromatic nitrogens is 2. The molecular formula is C8H14N4S. The van der Waals surface area contributed by atoms with Gasteiger partial charge in [-0.15, -0.1) is 10.2 Å². The van der Waals surface area contributed by atoms with Crippen LogP contribution in [0.3, 0.4) is 0 Å². The molecule has 1 aromatic heterocycles. The molecule has 1 unspecified atom stereocenters. The highest BCUT2D eigenvalue weighted by atomic mass is 32.1. The molecule has 0 saturated heterocycles. The van der Waals surface area contributed by atoms with Crippen LogP contribution >= 0.6 is 11.3 Å². The van der Waals surface area contributed by atoms with Crippen LogP contribution in [0.5, 0.6) is 0 Å². The number of nitrogens with two attached hydrogens (primary N) is 1. The summed E-state index contributed by atoms with van der Waals surface area (Å²) in [5, 5.41) is 8.83. The lowest BCUT2D eigenvalue weighted by molar-refractivity contribution is 0.568. The molecule has 0 amide bonds. The van der Waals surface area contributed by atoms with E-state index in [1.54, 1.807) is 16.8 Å². The monoisotopic (exact) mass is 198 g/mol. The second-order valence-corrected chi connectivity index (χ2v) is 4.28. The molecule has 1 heterocycles. The summed E-state index contributed by atoms with van der Waals surface area (Å²) < 4.78 is 0. The van der Waals surface area contributed by atoms with Gasteiger partial charge >= 0.3 is 0 Å². The first-order valence-corrected chi connectivity index (χ1v) is 5.40. The molecule has 2 rings (SSSR count). The van der Waals surface area contributed by atoms with E-state index in [1.807, 2.05) is 0 Å². The maximum absolute atomic E-state index is 5.74. The van der Waals surface area contributed by atoms with Gasteiger partial charge in [-0.3, -0.25) is 0 Å². The fourth-order valence-electron chi connectivity index (χ4n) is 1.61. The number of hydrogen-bond acceptors (Lipinski definition) is 5. The molecule has 1 fully saturated rings. The molecule has 2 N–H and O–H groups in total. The lowest BCUT2D eigenvalue weighted by Crippen LogP contribution is -2.39. The molecule has 0 aliphatic heterocycles. The Morgan fingerprint density at radius 3 is 3.00 bits per heavy atom. The van der Waals surface area contributed by atoms with Crippen LogP contribution in [0, 0.1) is 5.92 Å². The molecule has 0 spiro atoms. The number of rotatable bonds is 4. The maximum atomic E-state index is 5.74. The zero-order chi connectivity index (χ0) is 9.26.